The molecule has 218 valence electrons. The van der Waals surface area contributed by atoms with Crippen molar-refractivity contribution >= 4 is 11.9 Å². The predicted octanol–water partition coefficient (Wildman–Crippen LogP) is 7.59. The Balaban J connectivity index is 1.28. The lowest BCUT2D eigenvalue weighted by atomic mass is 10.0. The maximum Gasteiger partial charge on any atom is 0.408 e. The minimum Gasteiger partial charge on any atom is -0.494 e. The third kappa shape index (κ3) is 9.54. The summed E-state index contributed by atoms with van der Waals surface area (Å²) in [7, 11) is 0. The quantitative estimate of drug-likeness (QED) is 0.149. The van der Waals surface area contributed by atoms with Crippen LogP contribution in [0.2, 0.25) is 0 Å². The summed E-state index contributed by atoms with van der Waals surface area (Å²) in [6.07, 6.45) is 9.46. The van der Waals surface area contributed by atoms with E-state index in [1.54, 1.807) is 0 Å². The average molecular weight is 566 g/mol. The van der Waals surface area contributed by atoms with Gasteiger partial charge in [-0.2, -0.15) is 0 Å². The maximum atomic E-state index is 12.3. The highest BCUT2D eigenvalue weighted by atomic mass is 16.5. The van der Waals surface area contributed by atoms with Gasteiger partial charge < -0.3 is 14.8 Å². The molecule has 42 heavy (non-hydrogen) atoms. The first-order chi connectivity index (χ1) is 20.5. The fourth-order valence-electron chi connectivity index (χ4n) is 4.49. The van der Waals surface area contributed by atoms with E-state index in [1.807, 2.05) is 91.3 Å². The van der Waals surface area contributed by atoms with Crippen LogP contribution in [0.3, 0.4) is 0 Å². The monoisotopic (exact) mass is 565 g/mol. The summed E-state index contributed by atoms with van der Waals surface area (Å²) in [5.74, 6) is 1.34. The number of amides is 1. The van der Waals surface area contributed by atoms with E-state index in [-0.39, 0.29) is 12.4 Å². The zero-order chi connectivity index (χ0) is 29.6. The summed E-state index contributed by atoms with van der Waals surface area (Å²) in [4.78, 5) is 33.6. The van der Waals surface area contributed by atoms with Crippen molar-refractivity contribution < 1.29 is 19.1 Å². The summed E-state index contributed by atoms with van der Waals surface area (Å²) in [6, 6.07) is 24.4. The largest absolute Gasteiger partial charge is 0.494 e. The highest BCUT2D eigenvalue weighted by Gasteiger charge is 2.19. The molecule has 0 bridgehead atoms. The molecule has 3 aromatic carbocycles. The predicted molar refractivity (Wildman–Crippen MR) is 165 cm³/mol. The molecule has 1 N–H and O–H groups in total. The van der Waals surface area contributed by atoms with E-state index in [0.29, 0.717) is 12.2 Å². The zero-order valence-electron chi connectivity index (χ0n) is 24.4. The van der Waals surface area contributed by atoms with Crippen molar-refractivity contribution in [2.45, 2.75) is 65.0 Å². The number of nitrogens with one attached hydrogen (secondary N) is 1. The number of ether oxygens (including phenoxy) is 2. The molecule has 0 saturated carbocycles. The van der Waals surface area contributed by atoms with Gasteiger partial charge in [0.25, 0.3) is 0 Å². The Morgan fingerprint density at radius 3 is 2.10 bits per heavy atom. The zero-order valence-corrected chi connectivity index (χ0v) is 24.4. The minimum atomic E-state index is -0.683. The van der Waals surface area contributed by atoms with Crippen LogP contribution in [0.5, 0.6) is 5.75 Å². The van der Waals surface area contributed by atoms with Crippen LogP contribution < -0.4 is 10.1 Å². The molecule has 0 fully saturated rings. The number of Topliss-reactive ketones (excluding diaryl/α,β-unsaturated/α-hetero) is 1. The SMILES string of the molecule is CCCCCCCOc1ccc(-c2cnc(-c3ccc(C[C@H](NC(=O)OCc4ccccc4)C(C)=O)cc3)nc2)cc1. The Kier molecular flexibility index (Phi) is 11.6. The van der Waals surface area contributed by atoms with Crippen molar-refractivity contribution in [1.29, 1.82) is 0 Å². The second kappa shape index (κ2) is 16.1. The molecule has 1 atom stereocenters. The molecule has 0 aliphatic rings. The van der Waals surface area contributed by atoms with E-state index in [2.05, 4.69) is 22.2 Å². The minimum absolute atomic E-state index is 0.142. The molecule has 7 nitrogen and oxygen atoms in total. The van der Waals surface area contributed by atoms with Gasteiger partial charge >= 0.3 is 6.09 Å². The average Bonchev–Trinajstić information content (AvgIpc) is 3.02. The van der Waals surface area contributed by atoms with Crippen molar-refractivity contribution in [3.63, 3.8) is 0 Å². The van der Waals surface area contributed by atoms with Gasteiger partial charge in [0.2, 0.25) is 0 Å². The van der Waals surface area contributed by atoms with Gasteiger partial charge in [0.05, 0.1) is 12.6 Å². The number of ketones is 1. The first-order valence-electron chi connectivity index (χ1n) is 14.6. The Morgan fingerprint density at radius 2 is 1.43 bits per heavy atom. The van der Waals surface area contributed by atoms with Crippen molar-refractivity contribution in [3.05, 3.63) is 102 Å². The number of aromatic nitrogens is 2. The van der Waals surface area contributed by atoms with Crippen LogP contribution in [-0.2, 0) is 22.6 Å². The number of alkyl carbamates (subject to hydrolysis) is 1. The van der Waals surface area contributed by atoms with Gasteiger partial charge in [-0.25, -0.2) is 14.8 Å². The summed E-state index contributed by atoms with van der Waals surface area (Å²) in [6.45, 7) is 4.57. The fourth-order valence-corrected chi connectivity index (χ4v) is 4.49. The van der Waals surface area contributed by atoms with E-state index in [4.69, 9.17) is 9.47 Å². The summed E-state index contributed by atoms with van der Waals surface area (Å²) in [5, 5.41) is 2.68. The molecule has 1 aromatic heterocycles. The number of hydrogen-bond donors (Lipinski definition) is 1. The van der Waals surface area contributed by atoms with E-state index in [0.717, 1.165) is 46.6 Å². The molecule has 0 radical (unpaired) electrons. The molecule has 0 saturated heterocycles. The highest BCUT2D eigenvalue weighted by Crippen LogP contribution is 2.23. The molecular formula is C35H39N3O4. The highest BCUT2D eigenvalue weighted by molar-refractivity contribution is 5.85. The third-order valence-electron chi connectivity index (χ3n) is 7.00. The van der Waals surface area contributed by atoms with Crippen molar-refractivity contribution in [3.8, 4) is 28.3 Å². The van der Waals surface area contributed by atoms with Crippen molar-refractivity contribution in [2.24, 2.45) is 0 Å². The normalized spacial score (nSPS) is 11.5. The Morgan fingerprint density at radius 1 is 0.762 bits per heavy atom. The van der Waals surface area contributed by atoms with Crippen LogP contribution in [0.1, 0.15) is 57.1 Å². The van der Waals surface area contributed by atoms with E-state index < -0.39 is 12.1 Å². The molecule has 7 heteroatoms. The standard InChI is InChI=1S/C35H39N3O4/c1-3-4-5-6-10-21-41-32-19-17-29(18-20-32)31-23-36-34(37-24-31)30-15-13-27(14-16-30)22-33(26(2)39)38-35(40)42-25-28-11-8-7-9-12-28/h7-9,11-20,23-24,33H,3-6,10,21-22,25H2,1-2H3,(H,38,40)/t33-/m0/s1. The lowest BCUT2D eigenvalue weighted by Gasteiger charge is -2.16. The molecule has 0 spiro atoms. The Hall–Kier alpha value is -4.52. The third-order valence-corrected chi connectivity index (χ3v) is 7.00. The smallest absolute Gasteiger partial charge is 0.408 e. The molecule has 1 amide bonds. The molecule has 4 aromatic rings. The summed E-state index contributed by atoms with van der Waals surface area (Å²) >= 11 is 0. The van der Waals surface area contributed by atoms with E-state index in [9.17, 15) is 9.59 Å². The summed E-state index contributed by atoms with van der Waals surface area (Å²) < 4.78 is 11.1. The molecule has 0 aliphatic carbocycles. The van der Waals surface area contributed by atoms with Crippen LogP contribution in [0.15, 0.2) is 91.3 Å². The van der Waals surface area contributed by atoms with Crippen molar-refractivity contribution in [1.82, 2.24) is 15.3 Å². The number of hydrogen-bond acceptors (Lipinski definition) is 6. The number of benzene rings is 3. The molecule has 0 aliphatic heterocycles. The summed E-state index contributed by atoms with van der Waals surface area (Å²) in [5.41, 5.74) is 4.60. The second-order valence-corrected chi connectivity index (χ2v) is 10.4. The van der Waals surface area contributed by atoms with Gasteiger partial charge in [-0.3, -0.25) is 4.79 Å². The van der Waals surface area contributed by atoms with Gasteiger partial charge in [-0.15, -0.1) is 0 Å². The van der Waals surface area contributed by atoms with E-state index in [1.165, 1.54) is 32.6 Å². The van der Waals surface area contributed by atoms with Crippen LogP contribution in [0.25, 0.3) is 22.5 Å². The van der Waals surface area contributed by atoms with Gasteiger partial charge in [0.1, 0.15) is 12.4 Å². The number of unbranched alkanes of at least 4 members (excludes halogenated alkanes) is 4. The Labute approximate surface area is 248 Å². The van der Waals surface area contributed by atoms with Gasteiger partial charge in [0, 0.05) is 23.5 Å². The molecule has 4 rings (SSSR count). The molecule has 0 unspecified atom stereocenters. The van der Waals surface area contributed by atoms with Crippen LogP contribution in [0.4, 0.5) is 4.79 Å². The van der Waals surface area contributed by atoms with Gasteiger partial charge in [-0.05, 0) is 48.6 Å². The first-order valence-corrected chi connectivity index (χ1v) is 14.6. The molecular weight excluding hydrogens is 526 g/mol. The maximum absolute atomic E-state index is 12.3. The van der Waals surface area contributed by atoms with Crippen LogP contribution in [-0.4, -0.2) is 34.5 Å². The number of rotatable bonds is 15. The van der Waals surface area contributed by atoms with Crippen LogP contribution >= 0.6 is 0 Å². The lowest BCUT2D eigenvalue weighted by Crippen LogP contribution is -2.41. The Bertz CT molecular complexity index is 1390. The topological polar surface area (TPSA) is 90.4 Å². The van der Waals surface area contributed by atoms with Crippen LogP contribution in [0, 0.1) is 0 Å². The molecule has 1 heterocycles. The second-order valence-electron chi connectivity index (χ2n) is 10.4. The number of carbonyl (C=O) groups is 2. The van der Waals surface area contributed by atoms with Gasteiger partial charge in [-0.1, -0.05) is 99.3 Å². The van der Waals surface area contributed by atoms with Crippen molar-refractivity contribution in [2.75, 3.05) is 6.61 Å². The first kappa shape index (κ1) is 30.4. The van der Waals surface area contributed by atoms with E-state index >= 15 is 0 Å². The number of carbonyl (C=O) groups excluding carboxylic acids is 2. The van der Waals surface area contributed by atoms with Gasteiger partial charge in [0.15, 0.2) is 11.6 Å². The number of nitrogens with zero attached hydrogens (tertiary/aromatic N) is 2. The lowest BCUT2D eigenvalue weighted by molar-refractivity contribution is -0.118. The fraction of sp³-hybridized carbons (Fsp3) is 0.314.